The van der Waals surface area contributed by atoms with Gasteiger partial charge in [-0.05, 0) is 31.2 Å². The molecule has 1 aliphatic rings. The van der Waals surface area contributed by atoms with Crippen LogP contribution in [0.1, 0.15) is 16.7 Å². The fourth-order valence-electron chi connectivity index (χ4n) is 1.93. The molecule has 78 valence electrons. The topological polar surface area (TPSA) is 24.9 Å². The second-order valence-electron chi connectivity index (χ2n) is 3.58. The number of nitrogens with one attached hydrogen (secondary N) is 1. The summed E-state index contributed by atoms with van der Waals surface area (Å²) >= 11 is 3.67. The van der Waals surface area contributed by atoms with Crippen LogP contribution in [0, 0.1) is 0 Å². The quantitative estimate of drug-likeness (QED) is 0.864. The first-order valence-electron chi connectivity index (χ1n) is 5.19. The van der Waals surface area contributed by atoms with E-state index in [0.717, 1.165) is 18.1 Å². The molecule has 0 atom stereocenters. The van der Waals surface area contributed by atoms with Crippen LogP contribution < -0.4 is 5.32 Å². The minimum absolute atomic E-state index is 0.947. The summed E-state index contributed by atoms with van der Waals surface area (Å²) in [4.78, 5) is 7.61. The number of aryl methyl sites for hydroxylation is 2. The van der Waals surface area contributed by atoms with Crippen molar-refractivity contribution in [2.24, 2.45) is 0 Å². The zero-order chi connectivity index (χ0) is 10.3. The molecule has 0 aromatic carbocycles. The lowest BCUT2D eigenvalue weighted by Gasteiger charge is -2.08. The zero-order valence-corrected chi connectivity index (χ0v) is 10.2. The second kappa shape index (κ2) is 3.61. The second-order valence-corrected chi connectivity index (χ2v) is 5.66. The van der Waals surface area contributed by atoms with Crippen molar-refractivity contribution in [2.75, 3.05) is 11.9 Å². The van der Waals surface area contributed by atoms with Crippen molar-refractivity contribution < 1.29 is 0 Å². The molecule has 2 nitrogen and oxygen atoms in total. The molecule has 0 unspecified atom stereocenters. The summed E-state index contributed by atoms with van der Waals surface area (Å²) in [5.41, 5.74) is 2.58. The van der Waals surface area contributed by atoms with Crippen LogP contribution in [-0.2, 0) is 12.8 Å². The number of rotatable bonds is 2. The molecule has 2 heterocycles. The molecule has 0 radical (unpaired) electrons. The highest BCUT2D eigenvalue weighted by atomic mass is 32.1. The first kappa shape index (κ1) is 9.36. The number of nitrogens with zero attached hydrogens (tertiary/aromatic N) is 1. The number of hydrogen-bond donors (Lipinski definition) is 1. The van der Waals surface area contributed by atoms with E-state index in [9.17, 15) is 0 Å². The van der Waals surface area contributed by atoms with E-state index in [1.54, 1.807) is 0 Å². The van der Waals surface area contributed by atoms with Crippen molar-refractivity contribution >= 4 is 27.8 Å². The van der Waals surface area contributed by atoms with Crippen LogP contribution in [0.15, 0.2) is 11.4 Å². The molecule has 0 saturated carbocycles. The average Bonchev–Trinajstić information content (AvgIpc) is 2.80. The number of anilines is 1. The van der Waals surface area contributed by atoms with Gasteiger partial charge in [-0.25, -0.2) is 4.98 Å². The lowest BCUT2D eigenvalue weighted by atomic mass is 10.0. The molecule has 0 amide bonds. The lowest BCUT2D eigenvalue weighted by molar-refractivity contribution is 0.979. The number of thiazole rings is 1. The maximum absolute atomic E-state index is 4.67. The molecule has 1 N–H and O–H groups in total. The van der Waals surface area contributed by atoms with E-state index >= 15 is 0 Å². The molecule has 0 bridgehead atoms. The molecule has 0 aliphatic heterocycles. The maximum atomic E-state index is 4.67. The summed E-state index contributed by atoms with van der Waals surface area (Å²) in [6, 6.07) is 2.20. The monoisotopic (exact) mass is 236 g/mol. The Balaban J connectivity index is 2.08. The molecule has 2 aromatic rings. The van der Waals surface area contributed by atoms with Crippen LogP contribution in [0.4, 0.5) is 5.13 Å². The number of fused-ring (bicyclic) bond motifs is 3. The Bertz CT molecular complexity index is 484. The van der Waals surface area contributed by atoms with E-state index in [2.05, 4.69) is 28.7 Å². The van der Waals surface area contributed by atoms with Crippen LogP contribution in [0.25, 0.3) is 11.3 Å². The van der Waals surface area contributed by atoms with Crippen molar-refractivity contribution in [3.63, 3.8) is 0 Å². The van der Waals surface area contributed by atoms with Gasteiger partial charge in [-0.2, -0.15) is 0 Å². The summed E-state index contributed by atoms with van der Waals surface area (Å²) < 4.78 is 0. The van der Waals surface area contributed by atoms with Gasteiger partial charge in [0.15, 0.2) is 5.13 Å². The standard InChI is InChI=1S/C11H12N2S2/c1-2-12-11-13-10-7-5-6-14-8(7)3-4-9(10)15-11/h5-6H,2-4H2,1H3,(H,12,13). The largest absolute Gasteiger partial charge is 0.362 e. The van der Waals surface area contributed by atoms with Crippen molar-refractivity contribution in [1.82, 2.24) is 4.98 Å². The highest BCUT2D eigenvalue weighted by Gasteiger charge is 2.21. The van der Waals surface area contributed by atoms with Crippen molar-refractivity contribution in [2.45, 2.75) is 19.8 Å². The Morgan fingerprint density at radius 3 is 3.13 bits per heavy atom. The Kier molecular flexibility index (Phi) is 2.25. The van der Waals surface area contributed by atoms with Gasteiger partial charge in [-0.15, -0.1) is 22.7 Å². The van der Waals surface area contributed by atoms with Crippen LogP contribution in [0.2, 0.25) is 0 Å². The van der Waals surface area contributed by atoms with E-state index in [1.807, 2.05) is 22.7 Å². The molecule has 0 spiro atoms. The number of thiophene rings is 1. The third-order valence-electron chi connectivity index (χ3n) is 2.61. The fourth-order valence-corrected chi connectivity index (χ4v) is 3.85. The third kappa shape index (κ3) is 1.48. The number of aromatic nitrogens is 1. The van der Waals surface area contributed by atoms with E-state index in [4.69, 9.17) is 0 Å². The molecule has 0 fully saturated rings. The summed E-state index contributed by atoms with van der Waals surface area (Å²) in [6.07, 6.45) is 2.35. The van der Waals surface area contributed by atoms with E-state index < -0.39 is 0 Å². The molecule has 3 rings (SSSR count). The predicted octanol–water partition coefficient (Wildman–Crippen LogP) is 3.40. The van der Waals surface area contributed by atoms with Gasteiger partial charge in [-0.3, -0.25) is 0 Å². The van der Waals surface area contributed by atoms with Crippen LogP contribution in [-0.4, -0.2) is 11.5 Å². The first-order chi connectivity index (χ1) is 7.38. The van der Waals surface area contributed by atoms with Gasteiger partial charge in [0.2, 0.25) is 0 Å². The minimum atomic E-state index is 0.947. The summed E-state index contributed by atoms with van der Waals surface area (Å²) in [5.74, 6) is 0. The van der Waals surface area contributed by atoms with Crippen LogP contribution in [0.3, 0.4) is 0 Å². The zero-order valence-electron chi connectivity index (χ0n) is 8.54. The van der Waals surface area contributed by atoms with Gasteiger partial charge in [0, 0.05) is 21.9 Å². The Morgan fingerprint density at radius 1 is 1.40 bits per heavy atom. The molecule has 2 aromatic heterocycles. The van der Waals surface area contributed by atoms with Gasteiger partial charge in [0.05, 0.1) is 5.69 Å². The fraction of sp³-hybridized carbons (Fsp3) is 0.364. The smallest absolute Gasteiger partial charge is 0.183 e. The van der Waals surface area contributed by atoms with Gasteiger partial charge in [0.1, 0.15) is 0 Å². The van der Waals surface area contributed by atoms with Crippen molar-refractivity contribution in [3.05, 3.63) is 21.2 Å². The predicted molar refractivity (Wildman–Crippen MR) is 67.0 cm³/mol. The highest BCUT2D eigenvalue weighted by Crippen LogP contribution is 2.40. The van der Waals surface area contributed by atoms with Crippen LogP contribution in [0.5, 0.6) is 0 Å². The van der Waals surface area contributed by atoms with E-state index in [-0.39, 0.29) is 0 Å². The Labute approximate surface area is 97.0 Å². The van der Waals surface area contributed by atoms with Crippen molar-refractivity contribution in [1.29, 1.82) is 0 Å². The molecular weight excluding hydrogens is 224 g/mol. The third-order valence-corrected chi connectivity index (χ3v) is 4.66. The normalized spacial score (nSPS) is 13.4. The first-order valence-corrected chi connectivity index (χ1v) is 6.88. The van der Waals surface area contributed by atoms with Crippen molar-refractivity contribution in [3.8, 4) is 11.3 Å². The summed E-state index contributed by atoms with van der Waals surface area (Å²) in [6.45, 7) is 3.05. The maximum Gasteiger partial charge on any atom is 0.183 e. The van der Waals surface area contributed by atoms with Gasteiger partial charge in [0.25, 0.3) is 0 Å². The number of hydrogen-bond acceptors (Lipinski definition) is 4. The SMILES string of the molecule is CCNc1nc2c(s1)CCc1sccc1-2. The molecule has 0 saturated heterocycles. The summed E-state index contributed by atoms with van der Waals surface area (Å²) in [5, 5.41) is 6.54. The van der Waals surface area contributed by atoms with Gasteiger partial charge >= 0.3 is 0 Å². The minimum Gasteiger partial charge on any atom is -0.362 e. The van der Waals surface area contributed by atoms with Gasteiger partial charge in [-0.1, -0.05) is 0 Å². The van der Waals surface area contributed by atoms with E-state index in [0.29, 0.717) is 0 Å². The van der Waals surface area contributed by atoms with E-state index in [1.165, 1.54) is 27.4 Å². The Hall–Kier alpha value is -0.870. The van der Waals surface area contributed by atoms with Crippen LogP contribution >= 0.6 is 22.7 Å². The Morgan fingerprint density at radius 2 is 2.27 bits per heavy atom. The summed E-state index contributed by atoms with van der Waals surface area (Å²) in [7, 11) is 0. The molecule has 1 aliphatic carbocycles. The molecule has 4 heteroatoms. The highest BCUT2D eigenvalue weighted by molar-refractivity contribution is 7.16. The lowest BCUT2D eigenvalue weighted by Crippen LogP contribution is -1.98. The molecule has 15 heavy (non-hydrogen) atoms. The average molecular weight is 236 g/mol. The van der Waals surface area contributed by atoms with Gasteiger partial charge < -0.3 is 5.32 Å². The molecular formula is C11H12N2S2.